The van der Waals surface area contributed by atoms with E-state index in [-0.39, 0.29) is 18.9 Å². The molecule has 3 amide bonds. The highest BCUT2D eigenvalue weighted by Crippen LogP contribution is 2.33. The van der Waals surface area contributed by atoms with Gasteiger partial charge in [-0.1, -0.05) is 0 Å². The summed E-state index contributed by atoms with van der Waals surface area (Å²) < 4.78 is 106. The summed E-state index contributed by atoms with van der Waals surface area (Å²) in [5.41, 5.74) is -3.07. The van der Waals surface area contributed by atoms with Gasteiger partial charge in [0.15, 0.2) is 17.3 Å². The zero-order valence-electron chi connectivity index (χ0n) is 17.9. The Labute approximate surface area is 199 Å². The van der Waals surface area contributed by atoms with Gasteiger partial charge in [-0.25, -0.2) is 23.5 Å². The topological polar surface area (TPSA) is 109 Å². The number of halogens is 8. The lowest BCUT2D eigenvalue weighted by atomic mass is 10.1. The molecular formula is C20H12F8N6O3. The van der Waals surface area contributed by atoms with Crippen molar-refractivity contribution in [3.63, 3.8) is 0 Å². The largest absolute Gasteiger partial charge is 0.417 e. The summed E-state index contributed by atoms with van der Waals surface area (Å²) in [6.45, 7) is 0.375. The zero-order chi connectivity index (χ0) is 27.3. The molecule has 0 aliphatic carbocycles. The molecule has 1 aliphatic rings. The summed E-state index contributed by atoms with van der Waals surface area (Å²) in [7, 11) is 0. The number of anilines is 1. The van der Waals surface area contributed by atoms with Gasteiger partial charge >= 0.3 is 18.4 Å². The summed E-state index contributed by atoms with van der Waals surface area (Å²) in [5.74, 6) is -5.44. The molecule has 9 nitrogen and oxygen atoms in total. The SMILES string of the molecule is O=C(NC(C(F)(F)F)C(F)(F)F)c1cn(-c2ncc(F)cc2F)c2nc(N3CCNC3=O)ccc2c1=O. The Balaban J connectivity index is 1.93. The summed E-state index contributed by atoms with van der Waals surface area (Å²) in [6.07, 6.45) is -11.0. The van der Waals surface area contributed by atoms with E-state index in [1.807, 2.05) is 0 Å². The van der Waals surface area contributed by atoms with Gasteiger partial charge in [0.05, 0.1) is 11.6 Å². The number of hydrogen-bond donors (Lipinski definition) is 2. The molecule has 0 aromatic carbocycles. The minimum atomic E-state index is -5.96. The second kappa shape index (κ2) is 8.97. The zero-order valence-corrected chi connectivity index (χ0v) is 17.9. The first-order valence-electron chi connectivity index (χ1n) is 10.1. The minimum Gasteiger partial charge on any atom is -0.336 e. The van der Waals surface area contributed by atoms with Gasteiger partial charge in [0, 0.05) is 25.4 Å². The highest BCUT2D eigenvalue weighted by atomic mass is 19.4. The van der Waals surface area contributed by atoms with Crippen molar-refractivity contribution in [3.8, 4) is 5.82 Å². The molecule has 1 aliphatic heterocycles. The molecule has 3 aromatic heterocycles. The molecule has 4 rings (SSSR count). The number of urea groups is 1. The second-order valence-corrected chi connectivity index (χ2v) is 7.61. The second-order valence-electron chi connectivity index (χ2n) is 7.61. The molecule has 0 spiro atoms. The van der Waals surface area contributed by atoms with Crippen LogP contribution in [0.15, 0.2) is 35.4 Å². The van der Waals surface area contributed by atoms with Crippen LogP contribution in [-0.2, 0) is 0 Å². The molecule has 0 unspecified atom stereocenters. The number of hydrogen-bond acceptors (Lipinski definition) is 5. The Hall–Kier alpha value is -4.31. The number of pyridine rings is 3. The van der Waals surface area contributed by atoms with E-state index in [4.69, 9.17) is 0 Å². The van der Waals surface area contributed by atoms with Crippen LogP contribution in [0.5, 0.6) is 0 Å². The van der Waals surface area contributed by atoms with E-state index in [2.05, 4.69) is 15.3 Å². The molecule has 0 radical (unpaired) electrons. The molecule has 0 bridgehead atoms. The Bertz CT molecular complexity index is 1460. The molecule has 0 atom stereocenters. The smallest absolute Gasteiger partial charge is 0.336 e. The average Bonchev–Trinajstić information content (AvgIpc) is 3.22. The maximum Gasteiger partial charge on any atom is 0.417 e. The van der Waals surface area contributed by atoms with Crippen LogP contribution >= 0.6 is 0 Å². The van der Waals surface area contributed by atoms with Crippen molar-refractivity contribution in [2.45, 2.75) is 18.4 Å². The van der Waals surface area contributed by atoms with Crippen LogP contribution in [0, 0.1) is 11.6 Å². The fourth-order valence-electron chi connectivity index (χ4n) is 3.50. The molecule has 1 fully saturated rings. The summed E-state index contributed by atoms with van der Waals surface area (Å²) in [6, 6.07) is -2.42. The van der Waals surface area contributed by atoms with Crippen molar-refractivity contribution in [1.29, 1.82) is 0 Å². The van der Waals surface area contributed by atoms with Gasteiger partial charge in [0.2, 0.25) is 11.5 Å². The van der Waals surface area contributed by atoms with Crippen LogP contribution in [0.1, 0.15) is 10.4 Å². The predicted octanol–water partition coefficient (Wildman–Crippen LogP) is 2.81. The van der Waals surface area contributed by atoms with E-state index in [1.54, 1.807) is 0 Å². The number of alkyl halides is 6. The normalized spacial score (nSPS) is 14.4. The molecule has 0 saturated carbocycles. The van der Waals surface area contributed by atoms with Crippen LogP contribution in [-0.4, -0.2) is 58.0 Å². The van der Waals surface area contributed by atoms with E-state index in [1.165, 1.54) is 0 Å². The number of rotatable bonds is 4. The third kappa shape index (κ3) is 4.88. The first-order chi connectivity index (χ1) is 17.2. The number of nitrogens with one attached hydrogen (secondary N) is 2. The molecule has 2 N–H and O–H groups in total. The fourth-order valence-corrected chi connectivity index (χ4v) is 3.50. The standard InChI is InChI=1S/C20H12F8N6O3/c21-8-5-11(22)15(30-6-8)34-7-10(16(36)32-17(19(23,24)25)20(26,27)28)13(35)9-1-2-12(31-14(9)34)33-4-3-29-18(33)37/h1-2,5-7,17H,3-4H2,(H,29,37)(H,32,36). The number of amides is 3. The van der Waals surface area contributed by atoms with E-state index in [0.29, 0.717) is 23.0 Å². The van der Waals surface area contributed by atoms with Crippen molar-refractivity contribution in [1.82, 2.24) is 25.2 Å². The fraction of sp³-hybridized carbons (Fsp3) is 0.250. The summed E-state index contributed by atoms with van der Waals surface area (Å²) in [5, 5.41) is 2.66. The number of fused-ring (bicyclic) bond motifs is 1. The highest BCUT2D eigenvalue weighted by molar-refractivity contribution is 5.98. The maximum atomic E-state index is 14.6. The van der Waals surface area contributed by atoms with Gasteiger partial charge in [-0.2, -0.15) is 26.3 Å². The summed E-state index contributed by atoms with van der Waals surface area (Å²) in [4.78, 5) is 46.1. The molecule has 4 heterocycles. The van der Waals surface area contributed by atoms with Crippen LogP contribution in [0.2, 0.25) is 0 Å². The Morgan fingerprint density at radius 1 is 1.08 bits per heavy atom. The number of aromatic nitrogens is 3. The van der Waals surface area contributed by atoms with Crippen molar-refractivity contribution in [3.05, 3.63) is 58.0 Å². The van der Waals surface area contributed by atoms with Gasteiger partial charge < -0.3 is 10.6 Å². The van der Waals surface area contributed by atoms with E-state index in [9.17, 15) is 49.5 Å². The average molecular weight is 536 g/mol. The van der Waals surface area contributed by atoms with E-state index >= 15 is 0 Å². The van der Waals surface area contributed by atoms with Crippen molar-refractivity contribution < 1.29 is 44.7 Å². The van der Waals surface area contributed by atoms with Crippen LogP contribution in [0.3, 0.4) is 0 Å². The quantitative estimate of drug-likeness (QED) is 0.499. The molecule has 17 heteroatoms. The molecule has 3 aromatic rings. The molecule has 196 valence electrons. The monoisotopic (exact) mass is 536 g/mol. The van der Waals surface area contributed by atoms with Gasteiger partial charge in [-0.3, -0.25) is 19.1 Å². The lowest BCUT2D eigenvalue weighted by molar-refractivity contribution is -0.255. The molecular weight excluding hydrogens is 524 g/mol. The van der Waals surface area contributed by atoms with Gasteiger partial charge in [-0.15, -0.1) is 0 Å². The third-order valence-electron chi connectivity index (χ3n) is 5.16. The predicted molar refractivity (Wildman–Crippen MR) is 109 cm³/mol. The third-order valence-corrected chi connectivity index (χ3v) is 5.16. The van der Waals surface area contributed by atoms with Crippen LogP contribution in [0.25, 0.3) is 16.9 Å². The Kier molecular flexibility index (Phi) is 6.25. The Morgan fingerprint density at radius 3 is 2.32 bits per heavy atom. The molecule has 1 saturated heterocycles. The minimum absolute atomic E-state index is 0.0652. The van der Waals surface area contributed by atoms with Crippen LogP contribution in [0.4, 0.5) is 45.7 Å². The lowest BCUT2D eigenvalue weighted by Gasteiger charge is -2.24. The number of carbonyl (C=O) groups is 2. The maximum absolute atomic E-state index is 14.6. The van der Waals surface area contributed by atoms with Crippen LogP contribution < -0.4 is 21.0 Å². The van der Waals surface area contributed by atoms with Gasteiger partial charge in [0.25, 0.3) is 5.91 Å². The molecule has 37 heavy (non-hydrogen) atoms. The van der Waals surface area contributed by atoms with E-state index in [0.717, 1.165) is 22.3 Å². The van der Waals surface area contributed by atoms with Crippen molar-refractivity contribution in [2.75, 3.05) is 18.0 Å². The lowest BCUT2D eigenvalue weighted by Crippen LogP contribution is -2.55. The van der Waals surface area contributed by atoms with Crippen molar-refractivity contribution >= 4 is 28.8 Å². The van der Waals surface area contributed by atoms with Gasteiger partial charge in [-0.05, 0) is 12.1 Å². The first kappa shape index (κ1) is 25.8. The first-order valence-corrected chi connectivity index (χ1v) is 10.1. The highest BCUT2D eigenvalue weighted by Gasteiger charge is 2.57. The van der Waals surface area contributed by atoms with Crippen molar-refractivity contribution in [2.24, 2.45) is 0 Å². The van der Waals surface area contributed by atoms with Gasteiger partial charge in [0.1, 0.15) is 17.2 Å². The summed E-state index contributed by atoms with van der Waals surface area (Å²) >= 11 is 0. The number of carbonyl (C=O) groups excluding carboxylic acids is 2. The Morgan fingerprint density at radius 2 is 1.76 bits per heavy atom. The van der Waals surface area contributed by atoms with E-state index < -0.39 is 69.8 Å². The number of nitrogens with zero attached hydrogens (tertiary/aromatic N) is 4.